The fourth-order valence-electron chi connectivity index (χ4n) is 1.90. The maximum atomic E-state index is 12.0. The Kier molecular flexibility index (Phi) is 3.70. The van der Waals surface area contributed by atoms with Crippen LogP contribution in [0.3, 0.4) is 0 Å². The zero-order valence-corrected chi connectivity index (χ0v) is 10.8. The summed E-state index contributed by atoms with van der Waals surface area (Å²) < 4.78 is 19.0. The molecule has 16 heavy (non-hydrogen) atoms. The molecule has 0 bridgehead atoms. The molecule has 0 saturated carbocycles. The van der Waals surface area contributed by atoms with Crippen molar-refractivity contribution in [1.29, 1.82) is 0 Å². The fraction of sp³-hybridized carbons (Fsp3) is 0.455. The number of benzene rings is 1. The summed E-state index contributed by atoms with van der Waals surface area (Å²) in [6, 6.07) is 9.94. The zero-order chi connectivity index (χ0) is 11.6. The molecule has 88 valence electrons. The van der Waals surface area contributed by atoms with E-state index in [-0.39, 0.29) is 6.04 Å². The topological polar surface area (TPSA) is 29.5 Å². The second kappa shape index (κ2) is 4.89. The van der Waals surface area contributed by atoms with Crippen LogP contribution in [0.1, 0.15) is 24.9 Å². The molecule has 0 aromatic heterocycles. The Morgan fingerprint density at radius 3 is 2.75 bits per heavy atom. The smallest absolute Gasteiger partial charge is 0.306 e. The molecule has 1 aliphatic rings. The van der Waals surface area contributed by atoms with Gasteiger partial charge in [-0.05, 0) is 30.1 Å². The molecule has 5 heteroatoms. The van der Waals surface area contributed by atoms with E-state index in [1.54, 1.807) is 4.67 Å². The first-order valence-electron chi connectivity index (χ1n) is 5.37. The van der Waals surface area contributed by atoms with Crippen LogP contribution in [-0.2, 0) is 9.09 Å². The van der Waals surface area contributed by atoms with Gasteiger partial charge in [0.25, 0.3) is 0 Å². The maximum Gasteiger partial charge on any atom is 0.363 e. The number of rotatable bonds is 2. The Balaban J connectivity index is 2.21. The van der Waals surface area contributed by atoms with E-state index in [1.165, 1.54) is 0 Å². The third kappa shape index (κ3) is 2.49. The molecule has 0 spiro atoms. The van der Waals surface area contributed by atoms with Crippen molar-refractivity contribution in [3.8, 4) is 0 Å². The van der Waals surface area contributed by atoms with Gasteiger partial charge in [-0.1, -0.05) is 30.3 Å². The van der Waals surface area contributed by atoms with Gasteiger partial charge in [-0.3, -0.25) is 4.57 Å². The summed E-state index contributed by atoms with van der Waals surface area (Å²) in [7, 11) is 0. The molecule has 1 fully saturated rings. The van der Waals surface area contributed by atoms with Crippen molar-refractivity contribution < 1.29 is 9.09 Å². The van der Waals surface area contributed by atoms with Gasteiger partial charge in [-0.25, -0.2) is 4.67 Å². The van der Waals surface area contributed by atoms with Gasteiger partial charge in [0.05, 0.1) is 6.61 Å². The van der Waals surface area contributed by atoms with E-state index < -0.39 is 6.87 Å². The van der Waals surface area contributed by atoms with Crippen LogP contribution in [0, 0.1) is 0 Å². The largest absolute Gasteiger partial charge is 0.363 e. The van der Waals surface area contributed by atoms with Crippen molar-refractivity contribution in [3.05, 3.63) is 35.9 Å². The van der Waals surface area contributed by atoms with E-state index in [1.807, 2.05) is 37.3 Å². The molecule has 1 unspecified atom stereocenters. The summed E-state index contributed by atoms with van der Waals surface area (Å²) in [4.78, 5) is 0. The normalized spacial score (nSPS) is 28.9. The average molecular weight is 260 g/mol. The van der Waals surface area contributed by atoms with E-state index in [9.17, 15) is 4.57 Å². The first kappa shape index (κ1) is 12.1. The van der Waals surface area contributed by atoms with Crippen LogP contribution < -0.4 is 0 Å². The second-order valence-electron chi connectivity index (χ2n) is 3.89. The highest BCUT2D eigenvalue weighted by atomic mass is 35.7. The number of hydrogen-bond acceptors (Lipinski definition) is 2. The fourth-order valence-corrected chi connectivity index (χ4v) is 4.16. The minimum absolute atomic E-state index is 0.0184. The lowest BCUT2D eigenvalue weighted by Gasteiger charge is -2.35. The molecule has 1 aromatic rings. The summed E-state index contributed by atoms with van der Waals surface area (Å²) >= 11 is 5.94. The molecule has 0 amide bonds. The predicted octanol–water partition coefficient (Wildman–Crippen LogP) is 3.82. The van der Waals surface area contributed by atoms with Gasteiger partial charge >= 0.3 is 6.87 Å². The summed E-state index contributed by atoms with van der Waals surface area (Å²) in [6.45, 7) is 0.0903. The maximum absolute atomic E-state index is 12.0. The molecule has 1 heterocycles. The Labute approximate surface area is 101 Å². The summed E-state index contributed by atoms with van der Waals surface area (Å²) in [6.07, 6.45) is 0.869. The monoisotopic (exact) mass is 259 g/mol. The Bertz CT molecular complexity index is 398. The van der Waals surface area contributed by atoms with E-state index >= 15 is 0 Å². The predicted molar refractivity (Wildman–Crippen MR) is 65.6 cm³/mol. The molecule has 0 aliphatic carbocycles. The first-order valence-corrected chi connectivity index (χ1v) is 7.86. The van der Waals surface area contributed by atoms with Crippen molar-refractivity contribution in [1.82, 2.24) is 4.67 Å². The minimum atomic E-state index is -3.11. The summed E-state index contributed by atoms with van der Waals surface area (Å²) in [5.74, 6) is 0. The third-order valence-corrected chi connectivity index (χ3v) is 5.35. The number of nitrogens with zero attached hydrogens (tertiary/aromatic N) is 1. The van der Waals surface area contributed by atoms with Crippen LogP contribution in [0.4, 0.5) is 0 Å². The standard InChI is InChI=1S/C11H15ClNO2P/c1-10(11-6-3-2-4-7-11)13-8-5-9-15-16(13,12)14/h2-4,6-7,10H,5,8-9H2,1H3/t10-,16?/m0/s1. The summed E-state index contributed by atoms with van der Waals surface area (Å²) in [5.41, 5.74) is 1.11. The highest BCUT2D eigenvalue weighted by Gasteiger charge is 2.36. The number of halogens is 1. The molecule has 1 aromatic carbocycles. The van der Waals surface area contributed by atoms with Crippen molar-refractivity contribution in [2.45, 2.75) is 19.4 Å². The third-order valence-electron chi connectivity index (χ3n) is 2.82. The van der Waals surface area contributed by atoms with Crippen molar-refractivity contribution in [2.75, 3.05) is 13.2 Å². The quantitative estimate of drug-likeness (QED) is 0.756. The molecule has 2 rings (SSSR count). The lowest BCUT2D eigenvalue weighted by atomic mass is 10.1. The van der Waals surface area contributed by atoms with Gasteiger partial charge in [0.1, 0.15) is 0 Å². The van der Waals surface area contributed by atoms with Crippen LogP contribution in [0.5, 0.6) is 0 Å². The molecule has 1 aliphatic heterocycles. The van der Waals surface area contributed by atoms with Gasteiger partial charge < -0.3 is 4.52 Å². The Morgan fingerprint density at radius 2 is 2.12 bits per heavy atom. The van der Waals surface area contributed by atoms with Crippen molar-refractivity contribution in [2.24, 2.45) is 0 Å². The van der Waals surface area contributed by atoms with E-state index in [0.29, 0.717) is 6.61 Å². The molecular weight excluding hydrogens is 245 g/mol. The van der Waals surface area contributed by atoms with E-state index in [2.05, 4.69) is 0 Å². The second-order valence-corrected chi connectivity index (χ2v) is 6.84. The lowest BCUT2D eigenvalue weighted by molar-refractivity contribution is 0.194. The molecular formula is C11H15ClNO2P. The van der Waals surface area contributed by atoms with Gasteiger partial charge in [0, 0.05) is 12.6 Å². The van der Waals surface area contributed by atoms with Crippen LogP contribution in [-0.4, -0.2) is 17.8 Å². The highest BCUT2D eigenvalue weighted by Crippen LogP contribution is 2.60. The molecule has 0 radical (unpaired) electrons. The van der Waals surface area contributed by atoms with Gasteiger partial charge in [-0.15, -0.1) is 0 Å². The van der Waals surface area contributed by atoms with E-state index in [0.717, 1.165) is 18.5 Å². The Morgan fingerprint density at radius 1 is 1.44 bits per heavy atom. The van der Waals surface area contributed by atoms with Crippen molar-refractivity contribution in [3.63, 3.8) is 0 Å². The van der Waals surface area contributed by atoms with E-state index in [4.69, 9.17) is 15.8 Å². The van der Waals surface area contributed by atoms with Crippen molar-refractivity contribution >= 4 is 18.1 Å². The zero-order valence-electron chi connectivity index (χ0n) is 9.17. The molecule has 0 N–H and O–H groups in total. The Hall–Kier alpha value is -0.340. The molecule has 1 saturated heterocycles. The van der Waals surface area contributed by atoms with Crippen LogP contribution in [0.25, 0.3) is 0 Å². The van der Waals surface area contributed by atoms with Gasteiger partial charge in [0.2, 0.25) is 0 Å². The van der Waals surface area contributed by atoms with Gasteiger partial charge in [-0.2, -0.15) is 0 Å². The highest BCUT2D eigenvalue weighted by molar-refractivity contribution is 7.83. The van der Waals surface area contributed by atoms with Gasteiger partial charge in [0.15, 0.2) is 0 Å². The average Bonchev–Trinajstić information content (AvgIpc) is 2.29. The first-order chi connectivity index (χ1) is 7.61. The van der Waals surface area contributed by atoms with Crippen LogP contribution in [0.2, 0.25) is 0 Å². The lowest BCUT2D eigenvalue weighted by Crippen LogP contribution is -2.29. The van der Waals surface area contributed by atoms with Crippen LogP contribution in [0.15, 0.2) is 30.3 Å². The SMILES string of the molecule is C[C@@H](c1ccccc1)N1CCCOP1(=O)Cl. The molecule has 3 nitrogen and oxygen atoms in total. The van der Waals surface area contributed by atoms with Crippen LogP contribution >= 0.6 is 18.1 Å². The molecule has 2 atom stereocenters. The summed E-state index contributed by atoms with van der Waals surface area (Å²) in [5, 5.41) is 0. The number of hydrogen-bond donors (Lipinski definition) is 0. The minimum Gasteiger partial charge on any atom is -0.306 e.